The van der Waals surface area contributed by atoms with Gasteiger partial charge < -0.3 is 18.7 Å². The van der Waals surface area contributed by atoms with Gasteiger partial charge in [-0.25, -0.2) is 0 Å². The second-order valence-electron chi connectivity index (χ2n) is 8.12. The molecule has 1 saturated carbocycles. The molecular formula is C21H30N4O3. The predicted octanol–water partition coefficient (Wildman–Crippen LogP) is 3.18. The number of nitrogens with zero attached hydrogens (tertiary/aromatic N) is 4. The average Bonchev–Trinajstić information content (AvgIpc) is 3.47. The van der Waals surface area contributed by atoms with Crippen LogP contribution in [0.1, 0.15) is 66.6 Å². The maximum Gasteiger partial charge on any atom is 0.270 e. The lowest BCUT2D eigenvalue weighted by Gasteiger charge is -2.31. The number of aryl methyl sites for hydroxylation is 1. The summed E-state index contributed by atoms with van der Waals surface area (Å²) in [4.78, 5) is 19.2. The van der Waals surface area contributed by atoms with Crippen LogP contribution in [-0.4, -0.2) is 51.8 Å². The number of likely N-dealkylation sites (tertiary alicyclic amines) is 1. The number of ether oxygens (including phenoxy) is 1. The Labute approximate surface area is 166 Å². The Morgan fingerprint density at radius 2 is 2.14 bits per heavy atom. The molecule has 3 heterocycles. The van der Waals surface area contributed by atoms with Crippen LogP contribution in [0.3, 0.4) is 0 Å². The van der Waals surface area contributed by atoms with E-state index in [1.165, 1.54) is 25.7 Å². The van der Waals surface area contributed by atoms with E-state index in [0.717, 1.165) is 31.9 Å². The van der Waals surface area contributed by atoms with E-state index in [9.17, 15) is 4.79 Å². The van der Waals surface area contributed by atoms with Crippen molar-refractivity contribution in [2.45, 2.75) is 50.9 Å². The molecule has 28 heavy (non-hydrogen) atoms. The summed E-state index contributed by atoms with van der Waals surface area (Å²) in [6, 6.07) is 3.76. The maximum atomic E-state index is 12.8. The molecular weight excluding hydrogens is 356 g/mol. The standard InChI is InChI=1S/C21H30N4O3/c1-24-11-5-9-18(24)21(26)25-12-4-8-17(14-25)20-22-19(23-28-20)10-13-27-15-16-6-2-3-7-16/h5,9,11,16-17H,2-4,6-8,10,12-15H2,1H3. The number of rotatable bonds is 7. The van der Waals surface area contributed by atoms with Crippen LogP contribution in [0.15, 0.2) is 22.9 Å². The normalized spacial score (nSPS) is 20.8. The average molecular weight is 386 g/mol. The molecule has 1 saturated heterocycles. The molecule has 1 aliphatic carbocycles. The molecule has 2 aromatic heterocycles. The molecule has 2 aliphatic rings. The first kappa shape index (κ1) is 19.2. The fourth-order valence-corrected chi connectivity index (χ4v) is 4.33. The molecule has 2 fully saturated rings. The third kappa shape index (κ3) is 4.46. The highest BCUT2D eigenvalue weighted by Gasteiger charge is 2.29. The highest BCUT2D eigenvalue weighted by atomic mass is 16.5. The molecule has 7 nitrogen and oxygen atoms in total. The van der Waals surface area contributed by atoms with E-state index >= 15 is 0 Å². The lowest BCUT2D eigenvalue weighted by atomic mass is 9.97. The van der Waals surface area contributed by atoms with Crippen molar-refractivity contribution in [2.75, 3.05) is 26.3 Å². The van der Waals surface area contributed by atoms with E-state index in [-0.39, 0.29) is 11.8 Å². The molecule has 0 bridgehead atoms. The van der Waals surface area contributed by atoms with Crippen molar-refractivity contribution in [1.29, 1.82) is 0 Å². The van der Waals surface area contributed by atoms with E-state index < -0.39 is 0 Å². The monoisotopic (exact) mass is 386 g/mol. The SMILES string of the molecule is Cn1cccc1C(=O)N1CCCC(c2nc(CCOCC3CCCC3)no2)C1. The van der Waals surface area contributed by atoms with Gasteiger partial charge in [-0.1, -0.05) is 18.0 Å². The zero-order chi connectivity index (χ0) is 19.3. The largest absolute Gasteiger partial charge is 0.381 e. The van der Waals surface area contributed by atoms with Crippen LogP contribution in [0, 0.1) is 5.92 Å². The number of carbonyl (C=O) groups excluding carboxylic acids is 1. The van der Waals surface area contributed by atoms with Crippen molar-refractivity contribution in [3.63, 3.8) is 0 Å². The van der Waals surface area contributed by atoms with E-state index in [1.54, 1.807) is 0 Å². The van der Waals surface area contributed by atoms with E-state index in [2.05, 4.69) is 10.1 Å². The van der Waals surface area contributed by atoms with Gasteiger partial charge in [0.15, 0.2) is 5.82 Å². The molecule has 2 aromatic rings. The Morgan fingerprint density at radius 1 is 1.29 bits per heavy atom. The molecule has 0 aromatic carbocycles. The Balaban J connectivity index is 1.28. The topological polar surface area (TPSA) is 73.4 Å². The Hall–Kier alpha value is -2.15. The van der Waals surface area contributed by atoms with Gasteiger partial charge in [-0.05, 0) is 43.7 Å². The van der Waals surface area contributed by atoms with Gasteiger partial charge in [-0.3, -0.25) is 4.79 Å². The van der Waals surface area contributed by atoms with Gasteiger partial charge in [0.2, 0.25) is 5.89 Å². The molecule has 1 unspecified atom stereocenters. The Kier molecular flexibility index (Phi) is 6.10. The van der Waals surface area contributed by atoms with Crippen molar-refractivity contribution in [2.24, 2.45) is 13.0 Å². The van der Waals surface area contributed by atoms with Crippen molar-refractivity contribution >= 4 is 5.91 Å². The molecule has 1 atom stereocenters. The van der Waals surface area contributed by atoms with Gasteiger partial charge in [-0.2, -0.15) is 4.98 Å². The molecule has 0 N–H and O–H groups in total. The fourth-order valence-electron chi connectivity index (χ4n) is 4.33. The Morgan fingerprint density at radius 3 is 2.93 bits per heavy atom. The van der Waals surface area contributed by atoms with Crippen LogP contribution in [-0.2, 0) is 18.2 Å². The zero-order valence-corrected chi connectivity index (χ0v) is 16.7. The minimum absolute atomic E-state index is 0.0669. The molecule has 7 heteroatoms. The van der Waals surface area contributed by atoms with Crippen LogP contribution in [0.2, 0.25) is 0 Å². The number of piperidine rings is 1. The lowest BCUT2D eigenvalue weighted by molar-refractivity contribution is 0.0686. The minimum atomic E-state index is 0.0669. The number of aromatic nitrogens is 3. The first-order valence-corrected chi connectivity index (χ1v) is 10.5. The summed E-state index contributed by atoms with van der Waals surface area (Å²) in [7, 11) is 1.90. The van der Waals surface area contributed by atoms with E-state index in [4.69, 9.17) is 9.26 Å². The summed E-state index contributed by atoms with van der Waals surface area (Å²) in [6.07, 6.45) is 9.76. The molecule has 0 spiro atoms. The molecule has 0 radical (unpaired) electrons. The van der Waals surface area contributed by atoms with Gasteiger partial charge >= 0.3 is 0 Å². The third-order valence-electron chi connectivity index (χ3n) is 6.00. The Bertz CT molecular complexity index is 778. The highest BCUT2D eigenvalue weighted by Crippen LogP contribution is 2.27. The predicted molar refractivity (Wildman–Crippen MR) is 104 cm³/mol. The first-order valence-electron chi connectivity index (χ1n) is 10.5. The quantitative estimate of drug-likeness (QED) is 0.684. The summed E-state index contributed by atoms with van der Waals surface area (Å²) in [5, 5.41) is 4.12. The summed E-state index contributed by atoms with van der Waals surface area (Å²) in [5.74, 6) is 2.26. The zero-order valence-electron chi connectivity index (χ0n) is 16.7. The second-order valence-corrected chi connectivity index (χ2v) is 8.12. The molecule has 1 aliphatic heterocycles. The number of hydrogen-bond acceptors (Lipinski definition) is 5. The van der Waals surface area contributed by atoms with Gasteiger partial charge in [0, 0.05) is 39.4 Å². The summed E-state index contributed by atoms with van der Waals surface area (Å²) in [6.45, 7) is 2.89. The van der Waals surface area contributed by atoms with Crippen LogP contribution < -0.4 is 0 Å². The van der Waals surface area contributed by atoms with Gasteiger partial charge in [0.05, 0.1) is 12.5 Å². The molecule has 152 valence electrons. The van der Waals surface area contributed by atoms with Gasteiger partial charge in [0.25, 0.3) is 5.91 Å². The number of hydrogen-bond donors (Lipinski definition) is 0. The van der Waals surface area contributed by atoms with Crippen LogP contribution >= 0.6 is 0 Å². The lowest BCUT2D eigenvalue weighted by Crippen LogP contribution is -2.39. The van der Waals surface area contributed by atoms with Gasteiger partial charge in [-0.15, -0.1) is 0 Å². The molecule has 4 rings (SSSR count). The maximum absolute atomic E-state index is 12.8. The number of amides is 1. The minimum Gasteiger partial charge on any atom is -0.381 e. The van der Waals surface area contributed by atoms with Gasteiger partial charge in [0.1, 0.15) is 5.69 Å². The summed E-state index contributed by atoms with van der Waals surface area (Å²) in [5.41, 5.74) is 0.714. The van der Waals surface area contributed by atoms with Crippen LogP contribution in [0.5, 0.6) is 0 Å². The van der Waals surface area contributed by atoms with Crippen molar-refractivity contribution in [1.82, 2.24) is 19.6 Å². The van der Waals surface area contributed by atoms with Crippen LogP contribution in [0.25, 0.3) is 0 Å². The number of carbonyl (C=O) groups is 1. The van der Waals surface area contributed by atoms with Crippen molar-refractivity contribution < 1.29 is 14.1 Å². The van der Waals surface area contributed by atoms with Crippen LogP contribution in [0.4, 0.5) is 0 Å². The smallest absolute Gasteiger partial charge is 0.270 e. The van der Waals surface area contributed by atoms with Crippen molar-refractivity contribution in [3.05, 3.63) is 35.7 Å². The fraction of sp³-hybridized carbons (Fsp3) is 0.667. The summed E-state index contributed by atoms with van der Waals surface area (Å²) < 4.78 is 13.2. The van der Waals surface area contributed by atoms with E-state index in [1.807, 2.05) is 34.8 Å². The summed E-state index contributed by atoms with van der Waals surface area (Å²) >= 11 is 0. The third-order valence-corrected chi connectivity index (χ3v) is 6.00. The molecule has 1 amide bonds. The van der Waals surface area contributed by atoms with Crippen molar-refractivity contribution in [3.8, 4) is 0 Å². The van der Waals surface area contributed by atoms with E-state index in [0.29, 0.717) is 37.0 Å². The highest BCUT2D eigenvalue weighted by molar-refractivity contribution is 5.92. The first-order chi connectivity index (χ1) is 13.7. The second kappa shape index (κ2) is 8.90.